The largest absolute Gasteiger partial charge is 0.339 e. The highest BCUT2D eigenvalue weighted by Crippen LogP contribution is 2.29. The topological polar surface area (TPSA) is 108 Å². The standard InChI is InChI=1S/C25H23F2N3O4/c1-16(31)28-20-14-10-18(11-15-20)7-5-4-6-17-8-12-19(13-9-17)22(32)29-21(23(33)30-34)25(2,3)24(26)27/h8-15,21,24,34H,1-3H3,(H,28,31)(H,29,32)(H,30,33)/t21-/m1/s1. The second-order valence-electron chi connectivity index (χ2n) is 7.84. The van der Waals surface area contributed by atoms with Gasteiger partial charge in [-0.2, -0.15) is 0 Å². The van der Waals surface area contributed by atoms with Crippen molar-refractivity contribution < 1.29 is 28.4 Å². The Morgan fingerprint density at radius 2 is 1.41 bits per heavy atom. The van der Waals surface area contributed by atoms with E-state index in [1.165, 1.54) is 24.5 Å². The minimum Gasteiger partial charge on any atom is -0.339 e. The number of amides is 3. The van der Waals surface area contributed by atoms with Gasteiger partial charge < -0.3 is 10.6 Å². The third-order valence-electron chi connectivity index (χ3n) is 4.78. The first kappa shape index (κ1) is 26.0. The molecular formula is C25H23F2N3O4. The summed E-state index contributed by atoms with van der Waals surface area (Å²) >= 11 is 0. The van der Waals surface area contributed by atoms with Gasteiger partial charge in [0.25, 0.3) is 11.8 Å². The van der Waals surface area contributed by atoms with E-state index >= 15 is 0 Å². The van der Waals surface area contributed by atoms with Crippen LogP contribution in [-0.4, -0.2) is 35.4 Å². The second kappa shape index (κ2) is 11.6. The van der Waals surface area contributed by atoms with Crippen LogP contribution >= 0.6 is 0 Å². The number of hydrogen-bond acceptors (Lipinski definition) is 4. The zero-order valence-corrected chi connectivity index (χ0v) is 18.7. The van der Waals surface area contributed by atoms with Gasteiger partial charge in [-0.3, -0.25) is 19.6 Å². The molecule has 0 bridgehead atoms. The predicted octanol–water partition coefficient (Wildman–Crippen LogP) is 2.94. The predicted molar refractivity (Wildman–Crippen MR) is 122 cm³/mol. The molecule has 2 aromatic carbocycles. The fourth-order valence-corrected chi connectivity index (χ4v) is 2.75. The Labute approximate surface area is 195 Å². The van der Waals surface area contributed by atoms with Gasteiger partial charge in [-0.15, -0.1) is 0 Å². The summed E-state index contributed by atoms with van der Waals surface area (Å²) in [6.07, 6.45) is -2.93. The molecule has 0 aliphatic rings. The van der Waals surface area contributed by atoms with Crippen LogP contribution in [0, 0.1) is 29.1 Å². The van der Waals surface area contributed by atoms with Crippen molar-refractivity contribution in [3.63, 3.8) is 0 Å². The van der Waals surface area contributed by atoms with Gasteiger partial charge in [0.15, 0.2) is 0 Å². The van der Waals surface area contributed by atoms with Crippen LogP contribution in [-0.2, 0) is 9.59 Å². The van der Waals surface area contributed by atoms with Crippen LogP contribution in [0.4, 0.5) is 14.5 Å². The van der Waals surface area contributed by atoms with E-state index in [1.807, 2.05) is 0 Å². The van der Waals surface area contributed by atoms with Crippen molar-refractivity contribution in [3.05, 3.63) is 65.2 Å². The van der Waals surface area contributed by atoms with Crippen LogP contribution in [0.1, 0.15) is 42.3 Å². The molecule has 2 rings (SSSR count). The van der Waals surface area contributed by atoms with Crippen molar-refractivity contribution in [3.8, 4) is 23.7 Å². The van der Waals surface area contributed by atoms with Gasteiger partial charge in [0.05, 0.1) is 5.41 Å². The van der Waals surface area contributed by atoms with Crippen molar-refractivity contribution in [2.45, 2.75) is 33.2 Å². The number of carbonyl (C=O) groups excluding carboxylic acids is 3. The van der Waals surface area contributed by atoms with Gasteiger partial charge in [0.1, 0.15) is 6.04 Å². The molecule has 34 heavy (non-hydrogen) atoms. The summed E-state index contributed by atoms with van der Waals surface area (Å²) in [4.78, 5) is 35.3. The Balaban J connectivity index is 2.06. The molecule has 7 nitrogen and oxygen atoms in total. The summed E-state index contributed by atoms with van der Waals surface area (Å²) in [7, 11) is 0. The second-order valence-corrected chi connectivity index (χ2v) is 7.84. The van der Waals surface area contributed by atoms with Crippen molar-refractivity contribution in [1.29, 1.82) is 0 Å². The molecule has 0 saturated heterocycles. The summed E-state index contributed by atoms with van der Waals surface area (Å²) in [6, 6.07) is 11.2. The first-order chi connectivity index (χ1) is 16.0. The van der Waals surface area contributed by atoms with E-state index in [-0.39, 0.29) is 11.5 Å². The Hall–Kier alpha value is -4.21. The SMILES string of the molecule is CC(=O)Nc1ccc(C#CC#Cc2ccc(C(=O)N[C@H](C(=O)NO)C(C)(C)C(F)F)cc2)cc1. The third-order valence-corrected chi connectivity index (χ3v) is 4.78. The molecule has 0 saturated carbocycles. The highest BCUT2D eigenvalue weighted by molar-refractivity contribution is 5.97. The third kappa shape index (κ3) is 7.16. The molecule has 0 radical (unpaired) electrons. The Morgan fingerprint density at radius 1 is 0.912 bits per heavy atom. The van der Waals surface area contributed by atoms with Gasteiger partial charge in [0.2, 0.25) is 12.3 Å². The van der Waals surface area contributed by atoms with Crippen molar-refractivity contribution in [1.82, 2.24) is 10.8 Å². The normalized spacial score (nSPS) is 11.3. The van der Waals surface area contributed by atoms with E-state index in [4.69, 9.17) is 5.21 Å². The molecule has 9 heteroatoms. The molecule has 0 aliphatic carbocycles. The quantitative estimate of drug-likeness (QED) is 0.298. The molecule has 0 unspecified atom stereocenters. The fraction of sp³-hybridized carbons (Fsp3) is 0.240. The maximum atomic E-state index is 13.3. The number of halogens is 2. The first-order valence-electron chi connectivity index (χ1n) is 10.1. The van der Waals surface area contributed by atoms with Gasteiger partial charge in [-0.05, 0) is 60.4 Å². The highest BCUT2D eigenvalue weighted by Gasteiger charge is 2.43. The summed E-state index contributed by atoms with van der Waals surface area (Å²) in [5, 5.41) is 13.7. The first-order valence-corrected chi connectivity index (χ1v) is 10.1. The lowest BCUT2D eigenvalue weighted by Gasteiger charge is -2.32. The zero-order chi connectivity index (χ0) is 25.3. The number of hydroxylamine groups is 1. The number of benzene rings is 2. The molecule has 4 N–H and O–H groups in total. The van der Waals surface area contributed by atoms with E-state index in [2.05, 4.69) is 34.3 Å². The molecule has 1 atom stereocenters. The Kier molecular flexibility index (Phi) is 8.88. The minimum atomic E-state index is -2.93. The van der Waals surface area contributed by atoms with Crippen LogP contribution < -0.4 is 16.1 Å². The van der Waals surface area contributed by atoms with Crippen LogP contribution in [0.5, 0.6) is 0 Å². The molecular weight excluding hydrogens is 444 g/mol. The zero-order valence-electron chi connectivity index (χ0n) is 18.7. The molecule has 0 fully saturated rings. The number of nitrogens with one attached hydrogen (secondary N) is 3. The summed E-state index contributed by atoms with van der Waals surface area (Å²) in [6.45, 7) is 3.63. The lowest BCUT2D eigenvalue weighted by Crippen LogP contribution is -2.56. The number of anilines is 1. The molecule has 2 aromatic rings. The number of rotatable bonds is 6. The van der Waals surface area contributed by atoms with Gasteiger partial charge in [0, 0.05) is 29.3 Å². The van der Waals surface area contributed by atoms with E-state index in [0.29, 0.717) is 16.8 Å². The average Bonchev–Trinajstić information content (AvgIpc) is 2.80. The molecule has 0 spiro atoms. The van der Waals surface area contributed by atoms with E-state index in [1.54, 1.807) is 36.4 Å². The smallest absolute Gasteiger partial charge is 0.266 e. The van der Waals surface area contributed by atoms with Crippen LogP contribution in [0.2, 0.25) is 0 Å². The lowest BCUT2D eigenvalue weighted by atomic mass is 9.84. The fourth-order valence-electron chi connectivity index (χ4n) is 2.75. The number of hydrogen-bond donors (Lipinski definition) is 4. The number of alkyl halides is 2. The summed E-state index contributed by atoms with van der Waals surface area (Å²) in [5.41, 5.74) is 1.44. The van der Waals surface area contributed by atoms with Gasteiger partial charge in [-0.25, -0.2) is 14.3 Å². The monoisotopic (exact) mass is 467 g/mol. The molecule has 0 aliphatic heterocycles. The van der Waals surface area contributed by atoms with Gasteiger partial charge in [-0.1, -0.05) is 25.7 Å². The lowest BCUT2D eigenvalue weighted by molar-refractivity contribution is -0.137. The van der Waals surface area contributed by atoms with E-state index < -0.39 is 29.7 Å². The molecule has 176 valence electrons. The maximum Gasteiger partial charge on any atom is 0.266 e. The molecule has 0 aromatic heterocycles. The molecule has 3 amide bonds. The highest BCUT2D eigenvalue weighted by atomic mass is 19.3. The molecule has 0 heterocycles. The van der Waals surface area contributed by atoms with Crippen LogP contribution in [0.15, 0.2) is 48.5 Å². The summed E-state index contributed by atoms with van der Waals surface area (Å²) < 4.78 is 26.7. The van der Waals surface area contributed by atoms with E-state index in [0.717, 1.165) is 13.8 Å². The van der Waals surface area contributed by atoms with Crippen molar-refractivity contribution in [2.24, 2.45) is 5.41 Å². The number of carbonyl (C=O) groups is 3. The van der Waals surface area contributed by atoms with Crippen LogP contribution in [0.25, 0.3) is 0 Å². The maximum absolute atomic E-state index is 13.3. The van der Waals surface area contributed by atoms with Crippen molar-refractivity contribution in [2.75, 3.05) is 5.32 Å². The van der Waals surface area contributed by atoms with Crippen LogP contribution in [0.3, 0.4) is 0 Å². The Bertz CT molecular complexity index is 1170. The minimum absolute atomic E-state index is 0.122. The summed E-state index contributed by atoms with van der Waals surface area (Å²) in [5.74, 6) is 9.00. The average molecular weight is 467 g/mol. The van der Waals surface area contributed by atoms with Gasteiger partial charge >= 0.3 is 0 Å². The van der Waals surface area contributed by atoms with E-state index in [9.17, 15) is 23.2 Å². The van der Waals surface area contributed by atoms with Crippen molar-refractivity contribution >= 4 is 23.4 Å². The Morgan fingerprint density at radius 3 is 1.85 bits per heavy atom.